The van der Waals surface area contributed by atoms with E-state index >= 15 is 0 Å². The predicted octanol–water partition coefficient (Wildman–Crippen LogP) is 2.72. The van der Waals surface area contributed by atoms with Gasteiger partial charge < -0.3 is 5.32 Å². The number of nitrogens with zero attached hydrogens (tertiary/aromatic N) is 4. The van der Waals surface area contributed by atoms with Gasteiger partial charge in [-0.3, -0.25) is 19.1 Å². The van der Waals surface area contributed by atoms with Gasteiger partial charge in [0.25, 0.3) is 5.56 Å². The van der Waals surface area contributed by atoms with Gasteiger partial charge in [0.15, 0.2) is 5.13 Å². The third-order valence-electron chi connectivity index (χ3n) is 5.11. The fraction of sp³-hybridized carbons (Fsp3) is 0.400. The average Bonchev–Trinajstić information content (AvgIpc) is 3.12. The summed E-state index contributed by atoms with van der Waals surface area (Å²) in [5.41, 5.74) is 2.00. The molecule has 0 atom stereocenters. The minimum Gasteiger partial charge on any atom is -0.300 e. The summed E-state index contributed by atoms with van der Waals surface area (Å²) >= 11 is 1.42. The van der Waals surface area contributed by atoms with Crippen LogP contribution in [-0.4, -0.2) is 38.4 Å². The van der Waals surface area contributed by atoms with Crippen molar-refractivity contribution in [2.24, 2.45) is 5.92 Å². The lowest BCUT2D eigenvalue weighted by Gasteiger charge is -2.29. The Hall–Kier alpha value is -2.58. The maximum Gasteiger partial charge on any atom is 0.269 e. The first-order chi connectivity index (χ1) is 13.6. The molecule has 3 heterocycles. The van der Waals surface area contributed by atoms with Crippen LogP contribution in [0.5, 0.6) is 0 Å². The largest absolute Gasteiger partial charge is 0.300 e. The molecule has 28 heavy (non-hydrogen) atoms. The summed E-state index contributed by atoms with van der Waals surface area (Å²) in [6, 6.07) is 7.28. The van der Waals surface area contributed by atoms with E-state index in [1.807, 2.05) is 23.6 Å². The molecule has 1 N–H and O–H groups in total. The molecule has 1 aliphatic heterocycles. The molecular weight excluding hydrogens is 374 g/mol. The second-order valence-corrected chi connectivity index (χ2v) is 8.18. The number of carbonyl (C=O) groups excluding carboxylic acids is 1. The van der Waals surface area contributed by atoms with Gasteiger partial charge in [-0.2, -0.15) is 0 Å². The van der Waals surface area contributed by atoms with Crippen LogP contribution in [0.1, 0.15) is 25.5 Å². The molecule has 0 bridgehead atoms. The highest BCUT2D eigenvalue weighted by Crippen LogP contribution is 2.21. The minimum atomic E-state index is -0.298. The number of hydrogen-bond acceptors (Lipinski definition) is 6. The number of amides is 1. The summed E-state index contributed by atoms with van der Waals surface area (Å²) in [4.78, 5) is 35.7. The first-order valence-corrected chi connectivity index (χ1v) is 10.4. The van der Waals surface area contributed by atoms with Gasteiger partial charge in [-0.1, -0.05) is 19.1 Å². The summed E-state index contributed by atoms with van der Waals surface area (Å²) in [5, 5.41) is 5.37. The van der Waals surface area contributed by atoms with Crippen molar-refractivity contribution in [1.29, 1.82) is 0 Å². The van der Waals surface area contributed by atoms with Crippen LogP contribution in [0.25, 0.3) is 11.0 Å². The van der Waals surface area contributed by atoms with E-state index < -0.39 is 0 Å². The van der Waals surface area contributed by atoms with Crippen molar-refractivity contribution in [1.82, 2.24) is 19.4 Å². The number of anilines is 1. The van der Waals surface area contributed by atoms with E-state index in [4.69, 9.17) is 0 Å². The number of carbonyl (C=O) groups is 1. The Labute approximate surface area is 167 Å². The Bertz CT molecular complexity index is 1040. The predicted molar refractivity (Wildman–Crippen MR) is 110 cm³/mol. The minimum absolute atomic E-state index is 0.0687. The van der Waals surface area contributed by atoms with Crippen LogP contribution >= 0.6 is 11.3 Å². The zero-order chi connectivity index (χ0) is 19.5. The second kappa shape index (κ2) is 8.20. The van der Waals surface area contributed by atoms with Crippen LogP contribution in [0.15, 0.2) is 40.6 Å². The van der Waals surface area contributed by atoms with E-state index in [1.165, 1.54) is 34.9 Å². The summed E-state index contributed by atoms with van der Waals surface area (Å²) in [5.74, 6) is 0.528. The van der Waals surface area contributed by atoms with Gasteiger partial charge in [0, 0.05) is 11.9 Å². The number of hydrogen-bond donors (Lipinski definition) is 1. The van der Waals surface area contributed by atoms with Crippen molar-refractivity contribution in [3.8, 4) is 0 Å². The number of aromatic nitrogens is 3. The lowest BCUT2D eigenvalue weighted by atomic mass is 9.99. The maximum absolute atomic E-state index is 12.5. The highest BCUT2D eigenvalue weighted by atomic mass is 32.1. The fourth-order valence-corrected chi connectivity index (χ4v) is 4.18. The van der Waals surface area contributed by atoms with Crippen molar-refractivity contribution in [2.75, 3.05) is 18.4 Å². The molecule has 7 nitrogen and oxygen atoms in total. The lowest BCUT2D eigenvalue weighted by Crippen LogP contribution is -2.32. The van der Waals surface area contributed by atoms with Gasteiger partial charge >= 0.3 is 0 Å². The summed E-state index contributed by atoms with van der Waals surface area (Å²) in [6.07, 6.45) is 3.70. The Morgan fingerprint density at radius 2 is 2.07 bits per heavy atom. The van der Waals surface area contributed by atoms with Gasteiger partial charge in [0.05, 0.1) is 22.9 Å². The molecular formula is C20H23N5O2S. The number of benzene rings is 1. The van der Waals surface area contributed by atoms with Gasteiger partial charge in [-0.15, -0.1) is 11.3 Å². The molecule has 8 heteroatoms. The first kappa shape index (κ1) is 18.8. The Balaban J connectivity index is 1.40. The van der Waals surface area contributed by atoms with Crippen molar-refractivity contribution in [3.63, 3.8) is 0 Å². The zero-order valence-corrected chi connectivity index (χ0v) is 16.6. The van der Waals surface area contributed by atoms with E-state index in [1.54, 1.807) is 6.07 Å². The maximum atomic E-state index is 12.5. The molecule has 1 aliphatic rings. The Kier molecular flexibility index (Phi) is 5.50. The zero-order valence-electron chi connectivity index (χ0n) is 15.8. The van der Waals surface area contributed by atoms with Crippen molar-refractivity contribution in [2.45, 2.75) is 32.9 Å². The standard InChI is InChI=1S/C20H23N5O2S/c1-14-6-8-24(9-7-14)11-15-13-28-20(22-15)23-18(26)12-25-17-5-3-2-4-16(17)21-10-19(25)27/h2-5,10,13-14H,6-9,11-12H2,1H3,(H,22,23,26). The molecule has 1 amide bonds. The quantitative estimate of drug-likeness (QED) is 0.716. The normalized spacial score (nSPS) is 15.8. The number of nitrogens with one attached hydrogen (secondary N) is 1. The average molecular weight is 398 g/mol. The third kappa shape index (κ3) is 4.28. The van der Waals surface area contributed by atoms with Crippen LogP contribution in [-0.2, 0) is 17.9 Å². The molecule has 0 spiro atoms. The molecule has 4 rings (SSSR count). The van der Waals surface area contributed by atoms with Gasteiger partial charge in [0.2, 0.25) is 5.91 Å². The molecule has 3 aromatic rings. The monoisotopic (exact) mass is 397 g/mol. The molecule has 1 saturated heterocycles. The van der Waals surface area contributed by atoms with Crippen LogP contribution in [0.4, 0.5) is 5.13 Å². The number of thiazole rings is 1. The Morgan fingerprint density at radius 3 is 2.89 bits per heavy atom. The van der Waals surface area contributed by atoms with Gasteiger partial charge in [-0.25, -0.2) is 9.97 Å². The second-order valence-electron chi connectivity index (χ2n) is 7.32. The summed E-state index contributed by atoms with van der Waals surface area (Å²) < 4.78 is 1.43. The van der Waals surface area contributed by atoms with Crippen molar-refractivity contribution >= 4 is 33.4 Å². The molecule has 1 aromatic carbocycles. The van der Waals surface area contributed by atoms with E-state index in [-0.39, 0.29) is 18.0 Å². The molecule has 0 saturated carbocycles. The van der Waals surface area contributed by atoms with E-state index in [0.717, 1.165) is 31.2 Å². The lowest BCUT2D eigenvalue weighted by molar-refractivity contribution is -0.116. The molecule has 146 valence electrons. The first-order valence-electron chi connectivity index (χ1n) is 9.49. The summed E-state index contributed by atoms with van der Waals surface area (Å²) in [7, 11) is 0. The highest BCUT2D eigenvalue weighted by Gasteiger charge is 2.17. The van der Waals surface area contributed by atoms with Crippen LogP contribution in [0.2, 0.25) is 0 Å². The van der Waals surface area contributed by atoms with E-state index in [9.17, 15) is 9.59 Å². The number of para-hydroxylation sites is 2. The number of likely N-dealkylation sites (tertiary alicyclic amines) is 1. The van der Waals surface area contributed by atoms with Crippen molar-refractivity contribution < 1.29 is 4.79 Å². The van der Waals surface area contributed by atoms with Gasteiger partial charge in [0.1, 0.15) is 6.54 Å². The molecule has 0 aliphatic carbocycles. The highest BCUT2D eigenvalue weighted by molar-refractivity contribution is 7.13. The summed E-state index contributed by atoms with van der Waals surface area (Å²) in [6.45, 7) is 5.23. The molecule has 0 radical (unpaired) electrons. The van der Waals surface area contributed by atoms with E-state index in [0.29, 0.717) is 16.2 Å². The number of fused-ring (bicyclic) bond motifs is 1. The molecule has 1 fully saturated rings. The topological polar surface area (TPSA) is 80.1 Å². The van der Waals surface area contributed by atoms with Crippen molar-refractivity contribution in [3.05, 3.63) is 51.9 Å². The molecule has 0 unspecified atom stereocenters. The van der Waals surface area contributed by atoms with E-state index in [2.05, 4.69) is 27.1 Å². The fourth-order valence-electron chi connectivity index (χ4n) is 3.47. The SMILES string of the molecule is CC1CCN(Cc2csc(NC(=O)Cn3c(=O)cnc4ccccc43)n2)CC1. The molecule has 2 aromatic heterocycles. The van der Waals surface area contributed by atoms with Gasteiger partial charge in [-0.05, 0) is 44.0 Å². The number of rotatable bonds is 5. The Morgan fingerprint density at radius 1 is 1.29 bits per heavy atom. The van der Waals surface area contributed by atoms with Crippen LogP contribution in [0.3, 0.4) is 0 Å². The van der Waals surface area contributed by atoms with Crippen LogP contribution in [0, 0.1) is 5.92 Å². The van der Waals surface area contributed by atoms with Crippen LogP contribution < -0.4 is 10.9 Å². The number of piperidine rings is 1. The smallest absolute Gasteiger partial charge is 0.269 e. The third-order valence-corrected chi connectivity index (χ3v) is 5.92.